The molecule has 1 aliphatic heterocycles. The first-order valence-electron chi connectivity index (χ1n) is 12.4. The number of anilines is 1. The third kappa shape index (κ3) is 5.25. The van der Waals surface area contributed by atoms with E-state index < -0.39 is 0 Å². The van der Waals surface area contributed by atoms with E-state index in [1.165, 1.54) is 33.4 Å². The van der Waals surface area contributed by atoms with Crippen LogP contribution in [0.2, 0.25) is 0 Å². The maximum Gasteiger partial charge on any atom is 0.161 e. The van der Waals surface area contributed by atoms with E-state index in [0.29, 0.717) is 12.5 Å². The van der Waals surface area contributed by atoms with E-state index in [1.807, 2.05) is 6.07 Å². The molecule has 0 radical (unpaired) electrons. The quantitative estimate of drug-likeness (QED) is 0.411. The highest BCUT2D eigenvalue weighted by molar-refractivity contribution is 5.53. The minimum Gasteiger partial charge on any atom is -0.497 e. The second-order valence-corrected chi connectivity index (χ2v) is 9.77. The van der Waals surface area contributed by atoms with Gasteiger partial charge in [0.1, 0.15) is 5.75 Å². The minimum absolute atomic E-state index is 0.154. The third-order valence-electron chi connectivity index (χ3n) is 7.09. The van der Waals surface area contributed by atoms with Gasteiger partial charge in [-0.3, -0.25) is 4.90 Å². The first-order valence-corrected chi connectivity index (χ1v) is 12.4. The molecule has 35 heavy (non-hydrogen) atoms. The molecule has 0 saturated carbocycles. The van der Waals surface area contributed by atoms with Crippen LogP contribution in [-0.2, 0) is 12.8 Å². The summed E-state index contributed by atoms with van der Waals surface area (Å²) in [7, 11) is 5.60. The third-order valence-corrected chi connectivity index (χ3v) is 7.09. The van der Waals surface area contributed by atoms with E-state index >= 15 is 0 Å². The molecular formula is C30H38N2O3. The van der Waals surface area contributed by atoms with Gasteiger partial charge in [-0.25, -0.2) is 0 Å². The number of benzene rings is 3. The van der Waals surface area contributed by atoms with Gasteiger partial charge >= 0.3 is 0 Å². The van der Waals surface area contributed by atoms with Crippen molar-refractivity contribution in [3.05, 3.63) is 81.9 Å². The lowest BCUT2D eigenvalue weighted by Crippen LogP contribution is -2.33. The van der Waals surface area contributed by atoms with Crippen LogP contribution in [0.25, 0.3) is 0 Å². The Bertz CT molecular complexity index is 1190. The number of hydrogen-bond acceptors (Lipinski definition) is 5. The lowest BCUT2D eigenvalue weighted by atomic mass is 9.86. The number of nitrogen functional groups attached to an aromatic ring is 1. The molecule has 3 aromatic rings. The van der Waals surface area contributed by atoms with E-state index in [1.54, 1.807) is 14.2 Å². The normalized spacial score (nSPS) is 15.7. The average molecular weight is 475 g/mol. The number of ether oxygens (including phenoxy) is 3. The second-order valence-electron chi connectivity index (χ2n) is 9.77. The second kappa shape index (κ2) is 10.6. The van der Waals surface area contributed by atoms with Crippen molar-refractivity contribution < 1.29 is 14.2 Å². The van der Waals surface area contributed by atoms with Gasteiger partial charge in [-0.1, -0.05) is 32.0 Å². The van der Waals surface area contributed by atoms with Gasteiger partial charge in [0.15, 0.2) is 11.5 Å². The lowest BCUT2D eigenvalue weighted by molar-refractivity contribution is 0.259. The highest BCUT2D eigenvalue weighted by atomic mass is 16.5. The molecule has 4 rings (SSSR count). The summed E-state index contributed by atoms with van der Waals surface area (Å²) < 4.78 is 17.5. The first kappa shape index (κ1) is 24.9. The Kier molecular flexibility index (Phi) is 7.56. The Labute approximate surface area is 209 Å². The minimum atomic E-state index is 0.154. The molecule has 0 saturated heterocycles. The molecule has 1 heterocycles. The molecule has 186 valence electrons. The topological polar surface area (TPSA) is 57.0 Å². The summed E-state index contributed by atoms with van der Waals surface area (Å²) in [6, 6.07) is 17.2. The molecular weight excluding hydrogens is 436 g/mol. The molecule has 0 spiro atoms. The van der Waals surface area contributed by atoms with Gasteiger partial charge in [-0.2, -0.15) is 0 Å². The maximum absolute atomic E-state index is 6.30. The van der Waals surface area contributed by atoms with Crippen LogP contribution in [0.5, 0.6) is 17.2 Å². The predicted molar refractivity (Wildman–Crippen MR) is 143 cm³/mol. The summed E-state index contributed by atoms with van der Waals surface area (Å²) in [4.78, 5) is 2.41. The Balaban J connectivity index is 1.59. The summed E-state index contributed by atoms with van der Waals surface area (Å²) in [6.07, 6.45) is 1.76. The van der Waals surface area contributed by atoms with E-state index in [4.69, 9.17) is 19.9 Å². The molecule has 5 heteroatoms. The lowest BCUT2D eigenvalue weighted by Gasteiger charge is -2.36. The van der Waals surface area contributed by atoms with Gasteiger partial charge in [0, 0.05) is 18.7 Å². The standard InChI is InChI=1S/C30H38N2O3/c1-19(2)24-9-7-21(16-27(24)31)12-14-35-29-18-26-22(17-28(29)34-6)11-13-32(4)30(26)25-10-8-23(33-5)15-20(25)3/h7-10,15-19,30H,11-14,31H2,1-6H3. The molecule has 0 fully saturated rings. The van der Waals surface area contributed by atoms with Crippen LogP contribution in [0.4, 0.5) is 5.69 Å². The van der Waals surface area contributed by atoms with E-state index in [2.05, 4.69) is 75.2 Å². The van der Waals surface area contributed by atoms with Crippen molar-refractivity contribution in [3.63, 3.8) is 0 Å². The number of fused-ring (bicyclic) bond motifs is 1. The van der Waals surface area contributed by atoms with Gasteiger partial charge < -0.3 is 19.9 Å². The largest absolute Gasteiger partial charge is 0.497 e. The first-order chi connectivity index (χ1) is 16.8. The number of aryl methyl sites for hydroxylation is 1. The molecule has 0 aliphatic carbocycles. The summed E-state index contributed by atoms with van der Waals surface area (Å²) in [5, 5.41) is 0. The molecule has 0 aromatic heterocycles. The molecule has 0 amide bonds. The molecule has 3 aromatic carbocycles. The zero-order valence-electron chi connectivity index (χ0n) is 21.9. The van der Waals surface area contributed by atoms with Gasteiger partial charge in [0.05, 0.1) is 26.9 Å². The van der Waals surface area contributed by atoms with Crippen LogP contribution in [0.1, 0.15) is 59.2 Å². The Morgan fingerprint density at radius 3 is 2.43 bits per heavy atom. The van der Waals surface area contributed by atoms with Crippen molar-refractivity contribution in [2.24, 2.45) is 0 Å². The average Bonchev–Trinajstić information content (AvgIpc) is 2.84. The fourth-order valence-electron chi connectivity index (χ4n) is 5.10. The number of hydrogen-bond donors (Lipinski definition) is 1. The fraction of sp³-hybridized carbons (Fsp3) is 0.400. The van der Waals surface area contributed by atoms with Crippen LogP contribution in [0.15, 0.2) is 48.5 Å². The number of rotatable bonds is 8. The van der Waals surface area contributed by atoms with Crippen molar-refractivity contribution in [3.8, 4) is 17.2 Å². The number of likely N-dealkylation sites (N-methyl/N-ethyl adjacent to an activating group) is 1. The molecule has 1 aliphatic rings. The SMILES string of the molecule is COc1ccc(C2c3cc(OCCc4ccc(C(C)C)c(N)c4)c(OC)cc3CCN2C)c(C)c1. The summed E-state index contributed by atoms with van der Waals surface area (Å²) >= 11 is 0. The maximum atomic E-state index is 6.30. The molecule has 1 unspecified atom stereocenters. The molecule has 2 N–H and O–H groups in total. The fourth-order valence-corrected chi connectivity index (χ4v) is 5.10. The number of nitrogens with two attached hydrogens (primary N) is 1. The van der Waals surface area contributed by atoms with E-state index in [-0.39, 0.29) is 6.04 Å². The molecule has 0 bridgehead atoms. The van der Waals surface area contributed by atoms with Crippen molar-refractivity contribution in [1.29, 1.82) is 0 Å². The highest BCUT2D eigenvalue weighted by Gasteiger charge is 2.29. The molecule has 5 nitrogen and oxygen atoms in total. The van der Waals surface area contributed by atoms with Gasteiger partial charge in [0.25, 0.3) is 0 Å². The smallest absolute Gasteiger partial charge is 0.161 e. The predicted octanol–water partition coefficient (Wildman–Crippen LogP) is 5.92. The monoisotopic (exact) mass is 474 g/mol. The Morgan fingerprint density at radius 2 is 1.77 bits per heavy atom. The van der Waals surface area contributed by atoms with Gasteiger partial charge in [-0.05, 0) is 90.0 Å². The van der Waals surface area contributed by atoms with Crippen molar-refractivity contribution in [1.82, 2.24) is 4.90 Å². The Morgan fingerprint density at radius 1 is 0.971 bits per heavy atom. The van der Waals surface area contributed by atoms with Gasteiger partial charge in [0.2, 0.25) is 0 Å². The number of methoxy groups -OCH3 is 2. The van der Waals surface area contributed by atoms with Crippen LogP contribution in [0.3, 0.4) is 0 Å². The molecule has 1 atom stereocenters. The van der Waals surface area contributed by atoms with Crippen LogP contribution in [0, 0.1) is 6.92 Å². The van der Waals surface area contributed by atoms with Crippen molar-refractivity contribution in [2.75, 3.05) is 40.2 Å². The zero-order chi connectivity index (χ0) is 25.1. The van der Waals surface area contributed by atoms with Crippen LogP contribution >= 0.6 is 0 Å². The van der Waals surface area contributed by atoms with E-state index in [9.17, 15) is 0 Å². The Hall–Kier alpha value is -3.18. The van der Waals surface area contributed by atoms with Crippen molar-refractivity contribution >= 4 is 5.69 Å². The highest BCUT2D eigenvalue weighted by Crippen LogP contribution is 2.41. The summed E-state index contributed by atoms with van der Waals surface area (Å²) in [6.45, 7) is 8.01. The van der Waals surface area contributed by atoms with Gasteiger partial charge in [-0.15, -0.1) is 0 Å². The zero-order valence-corrected chi connectivity index (χ0v) is 21.9. The van der Waals surface area contributed by atoms with Crippen LogP contribution < -0.4 is 19.9 Å². The van der Waals surface area contributed by atoms with E-state index in [0.717, 1.165) is 42.3 Å². The number of nitrogens with zero attached hydrogens (tertiary/aromatic N) is 1. The summed E-state index contributed by atoms with van der Waals surface area (Å²) in [5.41, 5.74) is 14.6. The van der Waals surface area contributed by atoms with Crippen LogP contribution in [-0.4, -0.2) is 39.3 Å². The summed E-state index contributed by atoms with van der Waals surface area (Å²) in [5.74, 6) is 2.86. The van der Waals surface area contributed by atoms with Crippen molar-refractivity contribution in [2.45, 2.75) is 45.6 Å².